The van der Waals surface area contributed by atoms with Crippen LogP contribution in [0.15, 0.2) is 0 Å². The molecule has 0 aromatic rings. The highest BCUT2D eigenvalue weighted by Crippen LogP contribution is 2.36. The van der Waals surface area contributed by atoms with E-state index < -0.39 is 5.97 Å². The van der Waals surface area contributed by atoms with Crippen molar-refractivity contribution in [1.29, 1.82) is 0 Å². The highest BCUT2D eigenvalue weighted by Gasteiger charge is 2.49. The molecule has 1 saturated heterocycles. The van der Waals surface area contributed by atoms with Gasteiger partial charge in [-0.3, -0.25) is 0 Å². The van der Waals surface area contributed by atoms with Crippen LogP contribution in [0.2, 0.25) is 0 Å². The van der Waals surface area contributed by atoms with Crippen molar-refractivity contribution in [1.82, 2.24) is 0 Å². The van der Waals surface area contributed by atoms with E-state index in [1.807, 2.05) is 0 Å². The molecule has 1 fully saturated rings. The molecule has 1 heterocycles. The van der Waals surface area contributed by atoms with Crippen LogP contribution in [0.4, 0.5) is 0 Å². The van der Waals surface area contributed by atoms with Gasteiger partial charge in [-0.15, -0.1) is 0 Å². The summed E-state index contributed by atoms with van der Waals surface area (Å²) in [6.45, 7) is 2.41. The van der Waals surface area contributed by atoms with E-state index in [1.54, 1.807) is 0 Å². The lowest BCUT2D eigenvalue weighted by Gasteiger charge is -2.06. The van der Waals surface area contributed by atoms with E-state index in [0.717, 1.165) is 25.7 Å². The third-order valence-corrected chi connectivity index (χ3v) is 1.77. The second kappa shape index (κ2) is 4.77. The van der Waals surface area contributed by atoms with Gasteiger partial charge in [-0.05, 0) is 6.42 Å². The second-order valence-corrected chi connectivity index (χ2v) is 2.88. The van der Waals surface area contributed by atoms with Gasteiger partial charge in [0.2, 0.25) is 0 Å². The van der Waals surface area contributed by atoms with E-state index in [4.69, 9.17) is 19.6 Å². The van der Waals surface area contributed by atoms with Crippen molar-refractivity contribution in [3.8, 4) is 0 Å². The van der Waals surface area contributed by atoms with Crippen LogP contribution >= 0.6 is 0 Å². The third-order valence-electron chi connectivity index (χ3n) is 1.77. The molecule has 4 nitrogen and oxygen atoms in total. The van der Waals surface area contributed by atoms with Crippen molar-refractivity contribution in [3.05, 3.63) is 0 Å². The van der Waals surface area contributed by atoms with Crippen molar-refractivity contribution in [2.75, 3.05) is 13.2 Å². The predicted octanol–water partition coefficient (Wildman–Crippen LogP) is 1.19. The molecule has 0 saturated carbocycles. The van der Waals surface area contributed by atoms with Crippen LogP contribution in [0.5, 0.6) is 0 Å². The Morgan fingerprint density at radius 1 is 1.33 bits per heavy atom. The van der Waals surface area contributed by atoms with Crippen LogP contribution in [0.1, 0.15) is 32.6 Å². The molecule has 1 N–H and O–H groups in total. The maximum atomic E-state index is 8.49. The van der Waals surface area contributed by atoms with Gasteiger partial charge in [0.15, 0.2) is 0 Å². The fraction of sp³-hybridized carbons (Fsp3) is 1.00. The Bertz CT molecular complexity index is 122. The van der Waals surface area contributed by atoms with Crippen molar-refractivity contribution >= 4 is 0 Å². The van der Waals surface area contributed by atoms with Gasteiger partial charge in [-0.25, -0.2) is 0 Å². The quantitative estimate of drug-likeness (QED) is 0.359. The lowest BCUT2D eigenvalue weighted by atomic mass is 10.2. The van der Waals surface area contributed by atoms with Crippen LogP contribution in [-0.2, 0) is 14.5 Å². The minimum Gasteiger partial charge on any atom is -0.394 e. The predicted molar refractivity (Wildman–Crippen MR) is 42.1 cm³/mol. The number of ether oxygens (including phenoxy) is 1. The number of aliphatic hydroxyl groups excluding tert-OH is 1. The van der Waals surface area contributed by atoms with E-state index in [9.17, 15) is 0 Å². The normalized spacial score (nSPS) is 19.5. The molecule has 72 valence electrons. The molecule has 0 aliphatic carbocycles. The Kier molecular flexibility index (Phi) is 3.94. The molecule has 1 aliphatic rings. The van der Waals surface area contributed by atoms with Gasteiger partial charge in [-0.2, -0.15) is 9.78 Å². The average Bonchev–Trinajstić information content (AvgIpc) is 2.83. The standard InChI is InChI=1S/C8H16O4/c1-2-3-4-5-8(11-12-8)10-7-6-9/h9H,2-7H2,1H3. The van der Waals surface area contributed by atoms with E-state index in [-0.39, 0.29) is 13.2 Å². The molecule has 0 unspecified atom stereocenters. The molecule has 0 radical (unpaired) electrons. The first-order valence-electron chi connectivity index (χ1n) is 4.44. The van der Waals surface area contributed by atoms with Crippen molar-refractivity contribution in [2.45, 2.75) is 38.6 Å². The fourth-order valence-corrected chi connectivity index (χ4v) is 1.04. The van der Waals surface area contributed by atoms with Crippen molar-refractivity contribution in [2.24, 2.45) is 0 Å². The highest BCUT2D eigenvalue weighted by atomic mass is 17.4. The summed E-state index contributed by atoms with van der Waals surface area (Å²) in [5, 5.41) is 8.49. The highest BCUT2D eigenvalue weighted by molar-refractivity contribution is 4.61. The topological polar surface area (TPSA) is 54.5 Å². The molecule has 0 spiro atoms. The summed E-state index contributed by atoms with van der Waals surface area (Å²) >= 11 is 0. The summed E-state index contributed by atoms with van der Waals surface area (Å²) in [4.78, 5) is 9.42. The SMILES string of the molecule is CCCCCC1(OCCO)OO1. The maximum absolute atomic E-state index is 8.49. The number of rotatable bonds is 7. The summed E-state index contributed by atoms with van der Waals surface area (Å²) in [7, 11) is 0. The number of unbranched alkanes of at least 4 members (excludes halogenated alkanes) is 2. The number of hydrogen-bond acceptors (Lipinski definition) is 4. The minimum absolute atomic E-state index is 0.00223. The zero-order chi connectivity index (χ0) is 8.86. The van der Waals surface area contributed by atoms with Crippen LogP contribution in [0, 0.1) is 0 Å². The lowest BCUT2D eigenvalue weighted by Crippen LogP contribution is -2.17. The van der Waals surface area contributed by atoms with E-state index in [0.29, 0.717) is 0 Å². The largest absolute Gasteiger partial charge is 0.394 e. The third kappa shape index (κ3) is 3.06. The van der Waals surface area contributed by atoms with E-state index in [2.05, 4.69) is 6.92 Å². The number of aliphatic hydroxyl groups is 1. The van der Waals surface area contributed by atoms with Crippen molar-refractivity contribution in [3.63, 3.8) is 0 Å². The fourth-order valence-electron chi connectivity index (χ4n) is 1.04. The van der Waals surface area contributed by atoms with Crippen molar-refractivity contribution < 1.29 is 19.6 Å². The average molecular weight is 176 g/mol. The first kappa shape index (κ1) is 9.92. The van der Waals surface area contributed by atoms with E-state index in [1.165, 1.54) is 0 Å². The summed E-state index contributed by atoms with van der Waals surface area (Å²) in [5.74, 6) is -0.808. The van der Waals surface area contributed by atoms with Gasteiger partial charge in [0.05, 0.1) is 13.2 Å². The van der Waals surface area contributed by atoms with Crippen LogP contribution in [0.25, 0.3) is 0 Å². The summed E-state index contributed by atoms with van der Waals surface area (Å²) < 4.78 is 5.14. The molecular weight excluding hydrogens is 160 g/mol. The van der Waals surface area contributed by atoms with Gasteiger partial charge >= 0.3 is 5.97 Å². The summed E-state index contributed by atoms with van der Waals surface area (Å²) in [6.07, 6.45) is 4.09. The van der Waals surface area contributed by atoms with Gasteiger partial charge in [0.1, 0.15) is 0 Å². The van der Waals surface area contributed by atoms with Crippen LogP contribution < -0.4 is 0 Å². The zero-order valence-corrected chi connectivity index (χ0v) is 7.41. The molecular formula is C8H16O4. The van der Waals surface area contributed by atoms with Gasteiger partial charge in [0.25, 0.3) is 0 Å². The first-order chi connectivity index (χ1) is 5.83. The molecule has 12 heavy (non-hydrogen) atoms. The molecule has 1 rings (SSSR count). The van der Waals surface area contributed by atoms with Gasteiger partial charge in [-0.1, -0.05) is 19.8 Å². The lowest BCUT2D eigenvalue weighted by molar-refractivity contribution is -0.0728. The Morgan fingerprint density at radius 2 is 2.08 bits per heavy atom. The van der Waals surface area contributed by atoms with Gasteiger partial charge < -0.3 is 9.84 Å². The Balaban J connectivity index is 2.04. The van der Waals surface area contributed by atoms with Crippen LogP contribution in [-0.4, -0.2) is 24.3 Å². The molecule has 0 aromatic carbocycles. The van der Waals surface area contributed by atoms with Crippen LogP contribution in [0.3, 0.4) is 0 Å². The molecule has 0 amide bonds. The Labute approximate surface area is 72.4 Å². The first-order valence-corrected chi connectivity index (χ1v) is 4.44. The maximum Gasteiger partial charge on any atom is 0.340 e. The molecule has 1 aliphatic heterocycles. The molecule has 0 aromatic heterocycles. The Hall–Kier alpha value is -0.160. The smallest absolute Gasteiger partial charge is 0.340 e. The minimum atomic E-state index is -0.808. The second-order valence-electron chi connectivity index (χ2n) is 2.88. The summed E-state index contributed by atoms with van der Waals surface area (Å²) in [6, 6.07) is 0. The summed E-state index contributed by atoms with van der Waals surface area (Å²) in [5.41, 5.74) is 0. The molecule has 0 atom stereocenters. The zero-order valence-electron chi connectivity index (χ0n) is 7.41. The number of hydrogen-bond donors (Lipinski definition) is 1. The van der Waals surface area contributed by atoms with Gasteiger partial charge in [0, 0.05) is 6.42 Å². The van der Waals surface area contributed by atoms with E-state index >= 15 is 0 Å². The molecule has 0 bridgehead atoms. The Morgan fingerprint density at radius 3 is 2.58 bits per heavy atom. The molecule has 4 heteroatoms. The monoisotopic (exact) mass is 176 g/mol.